The Morgan fingerprint density at radius 3 is 2.06 bits per heavy atom. The number of hydrogen-bond donors (Lipinski definition) is 1. The second kappa shape index (κ2) is 7.55. The molecule has 1 aliphatic heterocycles. The first-order valence-corrected chi connectivity index (χ1v) is 12.3. The topological polar surface area (TPSA) is 81.3 Å². The van der Waals surface area contributed by atoms with E-state index in [4.69, 9.17) is 9.31 Å². The van der Waals surface area contributed by atoms with E-state index < -0.39 is 28.2 Å². The molecule has 0 spiro atoms. The Morgan fingerprint density at radius 2 is 1.45 bits per heavy atom. The molecular weight excluding hydrogens is 435 g/mol. The maximum Gasteiger partial charge on any atom is 0.497 e. The van der Waals surface area contributed by atoms with Gasteiger partial charge in [-0.25, -0.2) is 13.4 Å². The molecule has 0 atom stereocenters. The van der Waals surface area contributed by atoms with E-state index in [9.17, 15) is 8.42 Å². The summed E-state index contributed by atoms with van der Waals surface area (Å²) in [5.41, 5.74) is 1.37. The number of benzene rings is 2. The second-order valence-electron chi connectivity index (χ2n) is 9.26. The third-order valence-corrected chi connectivity index (χ3v) is 8.44. The van der Waals surface area contributed by atoms with Crippen LogP contribution in [0.2, 0.25) is 0 Å². The number of nitrogens with one attached hydrogen (secondary N) is 1. The summed E-state index contributed by atoms with van der Waals surface area (Å²) in [5, 5.41) is 0.505. The second-order valence-corrected chi connectivity index (χ2v) is 11.1. The largest absolute Gasteiger partial charge is 0.497 e. The summed E-state index contributed by atoms with van der Waals surface area (Å²) in [7, 11) is -4.76. The number of fused-ring (bicyclic) bond motifs is 1. The van der Waals surface area contributed by atoms with E-state index >= 15 is 0 Å². The standard InChI is InChI=1S/C25H25BN2O4S/c1-24(2)25(3,4)32-26(31-24)20-16-27-23-19(15-21(28-23)17-11-7-5-8-12-17)22(20)33(29,30)18-13-9-6-10-14-18/h5-16H,1-4H3,(H,27,28). The van der Waals surface area contributed by atoms with E-state index in [1.54, 1.807) is 36.5 Å². The quantitative estimate of drug-likeness (QED) is 0.458. The lowest BCUT2D eigenvalue weighted by Crippen LogP contribution is -2.41. The molecule has 5 rings (SSSR count). The van der Waals surface area contributed by atoms with Gasteiger partial charge in [0.05, 0.1) is 21.0 Å². The van der Waals surface area contributed by atoms with Gasteiger partial charge < -0.3 is 14.3 Å². The Morgan fingerprint density at radius 1 is 0.879 bits per heavy atom. The van der Waals surface area contributed by atoms with Gasteiger partial charge in [-0.3, -0.25) is 0 Å². The summed E-state index contributed by atoms with van der Waals surface area (Å²) in [5.74, 6) is 0. The van der Waals surface area contributed by atoms with Crippen molar-refractivity contribution >= 4 is 33.5 Å². The molecule has 3 heterocycles. The molecule has 0 radical (unpaired) electrons. The third-order valence-electron chi connectivity index (χ3n) is 6.55. The fourth-order valence-electron chi connectivity index (χ4n) is 4.00. The minimum Gasteiger partial charge on any atom is -0.399 e. The molecule has 1 N–H and O–H groups in total. The molecule has 1 aliphatic rings. The lowest BCUT2D eigenvalue weighted by molar-refractivity contribution is 0.00578. The van der Waals surface area contributed by atoms with E-state index in [0.717, 1.165) is 11.3 Å². The normalized spacial score (nSPS) is 17.5. The number of sulfone groups is 1. The highest BCUT2D eigenvalue weighted by Crippen LogP contribution is 2.38. The first-order valence-electron chi connectivity index (χ1n) is 10.8. The molecule has 2 aromatic carbocycles. The van der Waals surface area contributed by atoms with Crippen LogP contribution in [0.3, 0.4) is 0 Å². The van der Waals surface area contributed by atoms with Crippen LogP contribution in [-0.4, -0.2) is 36.7 Å². The summed E-state index contributed by atoms with van der Waals surface area (Å²) in [6.07, 6.45) is 1.55. The van der Waals surface area contributed by atoms with Gasteiger partial charge >= 0.3 is 7.12 Å². The molecule has 2 aromatic heterocycles. The van der Waals surface area contributed by atoms with Crippen LogP contribution in [0.1, 0.15) is 27.7 Å². The average Bonchev–Trinajstić information content (AvgIpc) is 3.31. The van der Waals surface area contributed by atoms with E-state index in [2.05, 4.69) is 9.97 Å². The number of hydrogen-bond acceptors (Lipinski definition) is 5. The van der Waals surface area contributed by atoms with Crippen LogP contribution in [-0.2, 0) is 19.1 Å². The van der Waals surface area contributed by atoms with Crippen molar-refractivity contribution in [2.75, 3.05) is 0 Å². The van der Waals surface area contributed by atoms with Crippen molar-refractivity contribution in [3.8, 4) is 11.3 Å². The Kier molecular flexibility index (Phi) is 5.01. The van der Waals surface area contributed by atoms with Crippen molar-refractivity contribution in [2.45, 2.75) is 48.7 Å². The molecule has 1 saturated heterocycles. The van der Waals surface area contributed by atoms with Crippen LogP contribution in [0.4, 0.5) is 0 Å². The summed E-state index contributed by atoms with van der Waals surface area (Å²) in [6, 6.07) is 20.0. The number of pyridine rings is 1. The van der Waals surface area contributed by atoms with Gasteiger partial charge in [-0.2, -0.15) is 0 Å². The van der Waals surface area contributed by atoms with Gasteiger partial charge in [0.15, 0.2) is 0 Å². The summed E-state index contributed by atoms with van der Waals surface area (Å²) in [4.78, 5) is 8.18. The summed E-state index contributed by atoms with van der Waals surface area (Å²) in [6.45, 7) is 7.75. The molecule has 33 heavy (non-hydrogen) atoms. The van der Waals surface area contributed by atoms with Gasteiger partial charge in [0, 0.05) is 22.7 Å². The summed E-state index contributed by atoms with van der Waals surface area (Å²) >= 11 is 0. The molecular formula is C25H25BN2O4S. The molecule has 1 fully saturated rings. The van der Waals surface area contributed by atoms with Crippen molar-refractivity contribution in [2.24, 2.45) is 0 Å². The Hall–Kier alpha value is -2.94. The summed E-state index contributed by atoms with van der Waals surface area (Å²) < 4.78 is 40.3. The Balaban J connectivity index is 1.77. The minimum absolute atomic E-state index is 0.149. The van der Waals surface area contributed by atoms with Crippen molar-refractivity contribution in [3.63, 3.8) is 0 Å². The van der Waals surface area contributed by atoms with E-state index in [0.29, 0.717) is 16.5 Å². The van der Waals surface area contributed by atoms with Gasteiger partial charge in [-0.05, 0) is 51.5 Å². The molecule has 6 nitrogen and oxygen atoms in total. The monoisotopic (exact) mass is 460 g/mol. The Labute approximate surface area is 194 Å². The van der Waals surface area contributed by atoms with Crippen LogP contribution >= 0.6 is 0 Å². The molecule has 0 bridgehead atoms. The first-order chi connectivity index (χ1) is 15.6. The van der Waals surface area contributed by atoms with Crippen LogP contribution in [0.25, 0.3) is 22.3 Å². The number of aromatic nitrogens is 2. The lowest BCUT2D eigenvalue weighted by atomic mass is 9.80. The smallest absolute Gasteiger partial charge is 0.399 e. The molecule has 0 amide bonds. The zero-order chi connectivity index (χ0) is 23.4. The zero-order valence-electron chi connectivity index (χ0n) is 19.0. The molecule has 8 heteroatoms. The van der Waals surface area contributed by atoms with Crippen molar-refractivity contribution < 1.29 is 17.7 Å². The number of rotatable bonds is 4. The maximum absolute atomic E-state index is 13.9. The third kappa shape index (κ3) is 3.58. The van der Waals surface area contributed by atoms with E-state index in [1.807, 2.05) is 64.1 Å². The average molecular weight is 460 g/mol. The van der Waals surface area contributed by atoms with Crippen LogP contribution < -0.4 is 5.46 Å². The van der Waals surface area contributed by atoms with E-state index in [-0.39, 0.29) is 9.79 Å². The van der Waals surface area contributed by atoms with Gasteiger partial charge in [0.25, 0.3) is 0 Å². The van der Waals surface area contributed by atoms with Crippen LogP contribution in [0, 0.1) is 0 Å². The van der Waals surface area contributed by atoms with Crippen LogP contribution in [0.5, 0.6) is 0 Å². The van der Waals surface area contributed by atoms with Gasteiger partial charge in [0.1, 0.15) is 5.65 Å². The molecule has 4 aromatic rings. The van der Waals surface area contributed by atoms with Crippen molar-refractivity contribution in [1.29, 1.82) is 0 Å². The molecule has 0 unspecified atom stereocenters. The number of H-pyrrole nitrogens is 1. The number of nitrogens with zero attached hydrogens (tertiary/aromatic N) is 1. The minimum atomic E-state index is -3.90. The number of aromatic amines is 1. The van der Waals surface area contributed by atoms with E-state index in [1.165, 1.54) is 0 Å². The predicted octanol–water partition coefficient (Wildman–Crippen LogP) is 4.36. The van der Waals surface area contributed by atoms with Crippen LogP contribution in [0.15, 0.2) is 82.7 Å². The Bertz CT molecular complexity index is 1420. The molecule has 0 aliphatic carbocycles. The molecule has 168 valence electrons. The lowest BCUT2D eigenvalue weighted by Gasteiger charge is -2.32. The highest BCUT2D eigenvalue weighted by molar-refractivity contribution is 7.92. The highest BCUT2D eigenvalue weighted by Gasteiger charge is 2.53. The zero-order valence-corrected chi connectivity index (χ0v) is 19.8. The maximum atomic E-state index is 13.9. The predicted molar refractivity (Wildman–Crippen MR) is 129 cm³/mol. The molecule has 0 saturated carbocycles. The van der Waals surface area contributed by atoms with Gasteiger partial charge in [0.2, 0.25) is 9.84 Å². The van der Waals surface area contributed by atoms with Crippen molar-refractivity contribution in [1.82, 2.24) is 9.97 Å². The highest BCUT2D eigenvalue weighted by atomic mass is 32.2. The van der Waals surface area contributed by atoms with Gasteiger partial charge in [-0.1, -0.05) is 48.5 Å². The van der Waals surface area contributed by atoms with Crippen molar-refractivity contribution in [3.05, 3.63) is 72.9 Å². The fourth-order valence-corrected chi connectivity index (χ4v) is 5.65. The fraction of sp³-hybridized carbons (Fsp3) is 0.240. The first kappa shape index (κ1) is 21.9. The SMILES string of the molecule is CC1(C)OB(c2cnc3[nH]c(-c4ccccc4)cc3c2S(=O)(=O)c2ccccc2)OC1(C)C. The van der Waals surface area contributed by atoms with Gasteiger partial charge in [-0.15, -0.1) is 0 Å².